The molecule has 0 N–H and O–H groups in total. The smallest absolute Gasteiger partial charge is 0.242 e. The molecule has 1 aromatic rings. The topological polar surface area (TPSA) is 74.1 Å². The number of nitriles is 1. The van der Waals surface area contributed by atoms with Crippen LogP contribution in [0, 0.1) is 22.7 Å². The Labute approximate surface area is 152 Å². The summed E-state index contributed by atoms with van der Waals surface area (Å²) in [4.78, 5) is 29.7. The van der Waals surface area contributed by atoms with E-state index in [2.05, 4.69) is 26.8 Å². The van der Waals surface area contributed by atoms with Crippen LogP contribution >= 0.6 is 11.8 Å². The van der Waals surface area contributed by atoms with Crippen molar-refractivity contribution < 1.29 is 9.59 Å². The number of aryl methyl sites for hydroxylation is 1. The molecule has 6 heteroatoms. The minimum atomic E-state index is -0.471. The van der Waals surface area contributed by atoms with Crippen LogP contribution in [-0.2, 0) is 22.4 Å². The van der Waals surface area contributed by atoms with Gasteiger partial charge in [0.2, 0.25) is 11.8 Å². The summed E-state index contributed by atoms with van der Waals surface area (Å²) in [6.07, 6.45) is 3.10. The van der Waals surface area contributed by atoms with Gasteiger partial charge in [-0.1, -0.05) is 32.5 Å². The Bertz CT molecular complexity index is 776. The Morgan fingerprint density at radius 1 is 1.32 bits per heavy atom. The third-order valence-corrected chi connectivity index (χ3v) is 6.48. The van der Waals surface area contributed by atoms with Gasteiger partial charge in [-0.2, -0.15) is 5.26 Å². The lowest BCUT2D eigenvalue weighted by Gasteiger charge is -2.34. The maximum absolute atomic E-state index is 12.1. The molecule has 3 rings (SSSR count). The number of aromatic nitrogens is 1. The summed E-state index contributed by atoms with van der Waals surface area (Å²) in [7, 11) is 1.50. The fraction of sp³-hybridized carbons (Fsp3) is 0.579. The van der Waals surface area contributed by atoms with E-state index in [0.717, 1.165) is 35.4 Å². The summed E-state index contributed by atoms with van der Waals surface area (Å²) in [6.45, 7) is 6.76. The summed E-state index contributed by atoms with van der Waals surface area (Å²) in [5, 5.41) is 9.63. The number of thioether (sulfide) groups is 1. The zero-order valence-corrected chi connectivity index (χ0v) is 15.9. The first kappa shape index (κ1) is 17.9. The lowest BCUT2D eigenvalue weighted by Crippen LogP contribution is -2.28. The van der Waals surface area contributed by atoms with E-state index in [0.29, 0.717) is 16.5 Å². The SMILES string of the molecule is CN1C(=O)CC(Sc2nc3c(cc2C#N)CC(C(C)(C)C)CC3)C1=O. The predicted molar refractivity (Wildman–Crippen MR) is 96.0 cm³/mol. The lowest BCUT2D eigenvalue weighted by molar-refractivity contribution is -0.136. The maximum atomic E-state index is 12.1. The first-order valence-electron chi connectivity index (χ1n) is 8.60. The summed E-state index contributed by atoms with van der Waals surface area (Å²) >= 11 is 1.25. The number of nitrogens with zero attached hydrogens (tertiary/aromatic N) is 3. The van der Waals surface area contributed by atoms with Crippen molar-refractivity contribution in [2.75, 3.05) is 7.05 Å². The van der Waals surface area contributed by atoms with Gasteiger partial charge in [-0.05, 0) is 42.2 Å². The number of likely N-dealkylation sites (tertiary alicyclic amines) is 1. The van der Waals surface area contributed by atoms with E-state index in [1.807, 2.05) is 6.07 Å². The zero-order chi connectivity index (χ0) is 18.4. The average Bonchev–Trinajstić information content (AvgIpc) is 2.80. The average molecular weight is 357 g/mol. The van der Waals surface area contributed by atoms with Crippen molar-refractivity contribution in [3.63, 3.8) is 0 Å². The van der Waals surface area contributed by atoms with Crippen molar-refractivity contribution in [2.45, 2.75) is 56.7 Å². The molecule has 25 heavy (non-hydrogen) atoms. The first-order chi connectivity index (χ1) is 11.7. The van der Waals surface area contributed by atoms with Crippen LogP contribution in [-0.4, -0.2) is 34.0 Å². The van der Waals surface area contributed by atoms with E-state index < -0.39 is 5.25 Å². The molecule has 2 unspecified atom stereocenters. The minimum absolute atomic E-state index is 0.174. The van der Waals surface area contributed by atoms with Crippen LogP contribution in [0.4, 0.5) is 0 Å². The Balaban J connectivity index is 1.87. The Hall–Kier alpha value is -1.87. The molecule has 1 aromatic heterocycles. The number of amides is 2. The number of imide groups is 1. The van der Waals surface area contributed by atoms with Gasteiger partial charge in [0.25, 0.3) is 0 Å². The Morgan fingerprint density at radius 3 is 2.60 bits per heavy atom. The fourth-order valence-corrected chi connectivity index (χ4v) is 4.65. The molecule has 1 fully saturated rings. The van der Waals surface area contributed by atoms with Gasteiger partial charge in [-0.15, -0.1) is 0 Å². The third kappa shape index (κ3) is 3.43. The van der Waals surface area contributed by atoms with Crippen LogP contribution < -0.4 is 0 Å². The zero-order valence-electron chi connectivity index (χ0n) is 15.1. The standard InChI is InChI=1S/C19H23N3O2S/c1-19(2,3)13-5-6-14-11(8-13)7-12(10-20)17(21-14)25-15-9-16(23)22(4)18(15)24/h7,13,15H,5-6,8-9H2,1-4H3. The summed E-state index contributed by atoms with van der Waals surface area (Å²) < 4.78 is 0. The number of carbonyl (C=O) groups excluding carboxylic acids is 2. The normalized spacial score (nSPS) is 23.6. The molecule has 5 nitrogen and oxygen atoms in total. The molecular formula is C19H23N3O2S. The van der Waals surface area contributed by atoms with E-state index in [1.54, 1.807) is 0 Å². The number of pyridine rings is 1. The first-order valence-corrected chi connectivity index (χ1v) is 9.48. The van der Waals surface area contributed by atoms with Crippen LogP contribution in [0.15, 0.2) is 11.1 Å². The van der Waals surface area contributed by atoms with E-state index in [1.165, 1.54) is 18.8 Å². The quantitative estimate of drug-likeness (QED) is 0.761. The molecule has 0 saturated carbocycles. The molecule has 1 aliphatic heterocycles. The van der Waals surface area contributed by atoms with Gasteiger partial charge < -0.3 is 0 Å². The van der Waals surface area contributed by atoms with Crippen molar-refractivity contribution in [3.8, 4) is 6.07 Å². The molecule has 2 aliphatic rings. The highest BCUT2D eigenvalue weighted by Gasteiger charge is 2.38. The second-order valence-corrected chi connectivity index (χ2v) is 9.16. The van der Waals surface area contributed by atoms with E-state index >= 15 is 0 Å². The summed E-state index contributed by atoms with van der Waals surface area (Å²) in [5.41, 5.74) is 2.93. The Kier molecular flexibility index (Phi) is 4.63. The van der Waals surface area contributed by atoms with Crippen molar-refractivity contribution in [2.24, 2.45) is 11.3 Å². The van der Waals surface area contributed by atoms with Crippen LogP contribution in [0.25, 0.3) is 0 Å². The second kappa shape index (κ2) is 6.45. The summed E-state index contributed by atoms with van der Waals surface area (Å²) in [5.74, 6) is 0.202. The van der Waals surface area contributed by atoms with Crippen LogP contribution in [0.1, 0.15) is 50.4 Å². The largest absolute Gasteiger partial charge is 0.285 e. The molecule has 0 spiro atoms. The van der Waals surface area contributed by atoms with Crippen LogP contribution in [0.3, 0.4) is 0 Å². The molecule has 1 aliphatic carbocycles. The van der Waals surface area contributed by atoms with Gasteiger partial charge in [0.05, 0.1) is 10.8 Å². The number of hydrogen-bond acceptors (Lipinski definition) is 5. The highest BCUT2D eigenvalue weighted by Crippen LogP contribution is 2.39. The maximum Gasteiger partial charge on any atom is 0.242 e. The van der Waals surface area contributed by atoms with Gasteiger partial charge in [-0.3, -0.25) is 14.5 Å². The molecule has 1 saturated heterocycles. The highest BCUT2D eigenvalue weighted by molar-refractivity contribution is 8.00. The molecule has 2 amide bonds. The summed E-state index contributed by atoms with van der Waals surface area (Å²) in [6, 6.07) is 4.16. The molecule has 0 bridgehead atoms. The van der Waals surface area contributed by atoms with Crippen molar-refractivity contribution in [1.82, 2.24) is 9.88 Å². The van der Waals surface area contributed by atoms with E-state index in [9.17, 15) is 14.9 Å². The molecule has 132 valence electrons. The molecule has 0 aromatic carbocycles. The highest BCUT2D eigenvalue weighted by atomic mass is 32.2. The number of hydrogen-bond donors (Lipinski definition) is 0. The molecule has 0 radical (unpaired) electrons. The van der Waals surface area contributed by atoms with Crippen LogP contribution in [0.5, 0.6) is 0 Å². The monoisotopic (exact) mass is 357 g/mol. The second-order valence-electron chi connectivity index (χ2n) is 7.97. The lowest BCUT2D eigenvalue weighted by atomic mass is 9.71. The predicted octanol–water partition coefficient (Wildman–Crippen LogP) is 2.95. The van der Waals surface area contributed by atoms with Crippen LogP contribution in [0.2, 0.25) is 0 Å². The minimum Gasteiger partial charge on any atom is -0.285 e. The van der Waals surface area contributed by atoms with Gasteiger partial charge in [-0.25, -0.2) is 4.98 Å². The molecule has 2 atom stereocenters. The third-order valence-electron chi connectivity index (χ3n) is 5.29. The van der Waals surface area contributed by atoms with Crippen molar-refractivity contribution in [3.05, 3.63) is 22.9 Å². The van der Waals surface area contributed by atoms with E-state index in [-0.39, 0.29) is 23.7 Å². The van der Waals surface area contributed by atoms with Gasteiger partial charge >= 0.3 is 0 Å². The molecule has 2 heterocycles. The van der Waals surface area contributed by atoms with Crippen molar-refractivity contribution >= 4 is 23.6 Å². The van der Waals surface area contributed by atoms with Gasteiger partial charge in [0, 0.05) is 19.2 Å². The van der Waals surface area contributed by atoms with E-state index in [4.69, 9.17) is 4.98 Å². The number of carbonyl (C=O) groups is 2. The van der Waals surface area contributed by atoms with Gasteiger partial charge in [0.15, 0.2) is 0 Å². The van der Waals surface area contributed by atoms with Crippen molar-refractivity contribution in [1.29, 1.82) is 5.26 Å². The number of rotatable bonds is 2. The Morgan fingerprint density at radius 2 is 2.04 bits per heavy atom. The fourth-order valence-electron chi connectivity index (χ4n) is 3.50. The van der Waals surface area contributed by atoms with Gasteiger partial charge in [0.1, 0.15) is 11.1 Å². The molecular weight excluding hydrogens is 334 g/mol. The number of fused-ring (bicyclic) bond motifs is 1.